The SMILES string of the molecule is CC(C)c1ccc2[nH]c(C(F)(F)F)c(C(=O)O)c2c1. The first kappa shape index (κ1) is 13.5. The van der Waals surface area contributed by atoms with Gasteiger partial charge in [-0.25, -0.2) is 4.79 Å². The summed E-state index contributed by atoms with van der Waals surface area (Å²) >= 11 is 0. The Balaban J connectivity index is 2.80. The molecule has 0 saturated carbocycles. The summed E-state index contributed by atoms with van der Waals surface area (Å²) in [6, 6.07) is 4.66. The van der Waals surface area contributed by atoms with Crippen molar-refractivity contribution in [3.63, 3.8) is 0 Å². The van der Waals surface area contributed by atoms with Gasteiger partial charge >= 0.3 is 12.1 Å². The first-order valence-electron chi connectivity index (χ1n) is 5.68. The van der Waals surface area contributed by atoms with Crippen LogP contribution in [0.5, 0.6) is 0 Å². The number of hydrogen-bond acceptors (Lipinski definition) is 1. The molecule has 0 spiro atoms. The van der Waals surface area contributed by atoms with Crippen LogP contribution in [-0.2, 0) is 6.18 Å². The Morgan fingerprint density at radius 3 is 2.42 bits per heavy atom. The van der Waals surface area contributed by atoms with Crippen molar-refractivity contribution in [2.75, 3.05) is 0 Å². The summed E-state index contributed by atoms with van der Waals surface area (Å²) < 4.78 is 38.4. The first-order chi connectivity index (χ1) is 8.71. The molecule has 0 bridgehead atoms. The third kappa shape index (κ3) is 2.30. The van der Waals surface area contributed by atoms with Crippen LogP contribution in [0.3, 0.4) is 0 Å². The Bertz CT molecular complexity index is 641. The largest absolute Gasteiger partial charge is 0.478 e. The number of aromatic amines is 1. The molecular weight excluding hydrogens is 259 g/mol. The van der Waals surface area contributed by atoms with Crippen molar-refractivity contribution in [1.82, 2.24) is 4.98 Å². The molecule has 19 heavy (non-hydrogen) atoms. The lowest BCUT2D eigenvalue weighted by molar-refractivity contribution is -0.141. The highest BCUT2D eigenvalue weighted by molar-refractivity contribution is 6.05. The van der Waals surface area contributed by atoms with Crippen LogP contribution in [0.2, 0.25) is 0 Å². The third-order valence-corrected chi connectivity index (χ3v) is 2.99. The molecule has 0 saturated heterocycles. The summed E-state index contributed by atoms with van der Waals surface area (Å²) in [5.41, 5.74) is -0.960. The lowest BCUT2D eigenvalue weighted by Crippen LogP contribution is -2.11. The highest BCUT2D eigenvalue weighted by atomic mass is 19.4. The van der Waals surface area contributed by atoms with Crippen LogP contribution in [0.1, 0.15) is 41.4 Å². The van der Waals surface area contributed by atoms with Gasteiger partial charge in [0.05, 0.1) is 5.56 Å². The van der Waals surface area contributed by atoms with Crippen LogP contribution in [0.25, 0.3) is 10.9 Å². The van der Waals surface area contributed by atoms with E-state index in [2.05, 4.69) is 4.98 Å². The van der Waals surface area contributed by atoms with Crippen LogP contribution < -0.4 is 0 Å². The van der Waals surface area contributed by atoms with E-state index in [0.29, 0.717) is 0 Å². The monoisotopic (exact) mass is 271 g/mol. The molecule has 0 unspecified atom stereocenters. The number of carboxylic acid groups (broad SMARTS) is 1. The number of hydrogen-bond donors (Lipinski definition) is 2. The third-order valence-electron chi connectivity index (χ3n) is 2.99. The van der Waals surface area contributed by atoms with Crippen LogP contribution in [-0.4, -0.2) is 16.1 Å². The Kier molecular flexibility index (Phi) is 3.04. The fourth-order valence-corrected chi connectivity index (χ4v) is 2.00. The zero-order chi connectivity index (χ0) is 14.4. The molecule has 2 rings (SSSR count). The first-order valence-corrected chi connectivity index (χ1v) is 5.68. The van der Waals surface area contributed by atoms with Gasteiger partial charge in [0.15, 0.2) is 0 Å². The molecule has 0 atom stereocenters. The van der Waals surface area contributed by atoms with Gasteiger partial charge in [0.25, 0.3) is 0 Å². The van der Waals surface area contributed by atoms with E-state index < -0.39 is 23.4 Å². The smallest absolute Gasteiger partial charge is 0.432 e. The van der Waals surface area contributed by atoms with Gasteiger partial charge in [-0.1, -0.05) is 19.9 Å². The fraction of sp³-hybridized carbons (Fsp3) is 0.308. The minimum atomic E-state index is -4.72. The van der Waals surface area contributed by atoms with Gasteiger partial charge in [-0.2, -0.15) is 13.2 Å². The number of nitrogens with one attached hydrogen (secondary N) is 1. The molecule has 2 aromatic rings. The van der Waals surface area contributed by atoms with Crippen molar-refractivity contribution >= 4 is 16.9 Å². The minimum absolute atomic E-state index is 0.0889. The maximum Gasteiger partial charge on any atom is 0.432 e. The van der Waals surface area contributed by atoms with Crippen LogP contribution in [0.4, 0.5) is 13.2 Å². The zero-order valence-corrected chi connectivity index (χ0v) is 10.3. The standard InChI is InChI=1S/C13H12F3NO2/c1-6(2)7-3-4-9-8(5-7)10(12(18)19)11(17-9)13(14,15)16/h3-6,17H,1-2H3,(H,18,19). The van der Waals surface area contributed by atoms with Crippen LogP contribution in [0, 0.1) is 0 Å². The highest BCUT2D eigenvalue weighted by Gasteiger charge is 2.38. The van der Waals surface area contributed by atoms with E-state index >= 15 is 0 Å². The molecular formula is C13H12F3NO2. The Morgan fingerprint density at radius 1 is 1.32 bits per heavy atom. The average Bonchev–Trinajstić information content (AvgIpc) is 2.66. The maximum absolute atomic E-state index is 12.8. The second-order valence-corrected chi connectivity index (χ2v) is 4.64. The number of halogens is 3. The molecule has 0 amide bonds. The summed E-state index contributed by atoms with van der Waals surface area (Å²) in [5.74, 6) is -1.48. The van der Waals surface area contributed by atoms with Gasteiger partial charge in [-0.15, -0.1) is 0 Å². The molecule has 0 radical (unpaired) electrons. The topological polar surface area (TPSA) is 53.1 Å². The number of benzene rings is 1. The number of carbonyl (C=O) groups is 1. The van der Waals surface area contributed by atoms with Crippen molar-refractivity contribution in [3.05, 3.63) is 35.0 Å². The fourth-order valence-electron chi connectivity index (χ4n) is 2.00. The molecule has 102 valence electrons. The predicted octanol–water partition coefficient (Wildman–Crippen LogP) is 4.01. The molecule has 0 fully saturated rings. The lowest BCUT2D eigenvalue weighted by atomic mass is 10.00. The Hall–Kier alpha value is -1.98. The number of rotatable bonds is 2. The van der Waals surface area contributed by atoms with E-state index in [1.54, 1.807) is 6.07 Å². The van der Waals surface area contributed by atoms with E-state index in [-0.39, 0.29) is 16.8 Å². The number of aromatic nitrogens is 1. The Labute approximate surface area is 107 Å². The molecule has 1 heterocycles. The van der Waals surface area contributed by atoms with Crippen molar-refractivity contribution in [3.8, 4) is 0 Å². The van der Waals surface area contributed by atoms with Crippen molar-refractivity contribution in [2.24, 2.45) is 0 Å². The summed E-state index contributed by atoms with van der Waals surface area (Å²) in [7, 11) is 0. The summed E-state index contributed by atoms with van der Waals surface area (Å²) in [6.45, 7) is 3.78. The zero-order valence-electron chi connectivity index (χ0n) is 10.3. The van der Waals surface area contributed by atoms with Crippen molar-refractivity contribution in [1.29, 1.82) is 0 Å². The molecule has 1 aromatic heterocycles. The second-order valence-electron chi connectivity index (χ2n) is 4.64. The number of fused-ring (bicyclic) bond motifs is 1. The van der Waals surface area contributed by atoms with E-state index in [4.69, 9.17) is 5.11 Å². The number of H-pyrrole nitrogens is 1. The van der Waals surface area contributed by atoms with Crippen LogP contribution >= 0.6 is 0 Å². The number of carboxylic acids is 1. The van der Waals surface area contributed by atoms with Gasteiger partial charge in [0, 0.05) is 10.9 Å². The van der Waals surface area contributed by atoms with Gasteiger partial charge in [-0.05, 0) is 23.6 Å². The summed E-state index contributed by atoms with van der Waals surface area (Å²) in [6.07, 6.45) is -4.72. The maximum atomic E-state index is 12.8. The second kappa shape index (κ2) is 4.29. The molecule has 1 aromatic carbocycles. The van der Waals surface area contributed by atoms with E-state index in [9.17, 15) is 18.0 Å². The predicted molar refractivity (Wildman–Crippen MR) is 64.3 cm³/mol. The van der Waals surface area contributed by atoms with Crippen molar-refractivity contribution < 1.29 is 23.1 Å². The highest BCUT2D eigenvalue weighted by Crippen LogP contribution is 2.36. The van der Waals surface area contributed by atoms with Gasteiger partial charge in [0.2, 0.25) is 0 Å². The molecule has 3 nitrogen and oxygen atoms in total. The van der Waals surface area contributed by atoms with Crippen molar-refractivity contribution in [2.45, 2.75) is 25.9 Å². The normalized spacial score (nSPS) is 12.3. The molecule has 2 N–H and O–H groups in total. The van der Waals surface area contributed by atoms with E-state index in [1.807, 2.05) is 13.8 Å². The molecule has 0 aliphatic carbocycles. The molecule has 6 heteroatoms. The van der Waals surface area contributed by atoms with Gasteiger partial charge < -0.3 is 10.1 Å². The summed E-state index contributed by atoms with van der Waals surface area (Å²) in [5, 5.41) is 9.11. The van der Waals surface area contributed by atoms with E-state index in [1.165, 1.54) is 12.1 Å². The molecule has 0 aliphatic rings. The number of alkyl halides is 3. The minimum Gasteiger partial charge on any atom is -0.478 e. The van der Waals surface area contributed by atoms with E-state index in [0.717, 1.165) is 5.56 Å². The van der Waals surface area contributed by atoms with Gasteiger partial charge in [-0.3, -0.25) is 0 Å². The quantitative estimate of drug-likeness (QED) is 0.867. The average molecular weight is 271 g/mol. The van der Waals surface area contributed by atoms with Crippen LogP contribution in [0.15, 0.2) is 18.2 Å². The number of aromatic carboxylic acids is 1. The summed E-state index contributed by atoms with van der Waals surface area (Å²) in [4.78, 5) is 13.3. The van der Waals surface area contributed by atoms with Gasteiger partial charge in [0.1, 0.15) is 5.69 Å². The Morgan fingerprint density at radius 2 is 1.95 bits per heavy atom. The molecule has 0 aliphatic heterocycles. The lowest BCUT2D eigenvalue weighted by Gasteiger charge is -2.06.